The number of benzene rings is 6. The van der Waals surface area contributed by atoms with Crippen LogP contribution in [0, 0.1) is 0 Å². The first-order valence-electron chi connectivity index (χ1n) is 13.9. The maximum Gasteiger partial charge on any atom is 0.143 e. The molecule has 0 saturated heterocycles. The van der Waals surface area contributed by atoms with E-state index < -0.39 is 0 Å². The van der Waals surface area contributed by atoms with Crippen LogP contribution in [0.25, 0.3) is 77.1 Å². The van der Waals surface area contributed by atoms with Gasteiger partial charge >= 0.3 is 0 Å². The second-order valence-electron chi connectivity index (χ2n) is 10.6. The largest absolute Gasteiger partial charge is 0.455 e. The van der Waals surface area contributed by atoms with Crippen LogP contribution in [0.2, 0.25) is 0 Å². The standard InChI is InChI=1S/C38H24N2O/c1-2-9-26(10-3-1)39-24-23-32-33(39)21-22-35-37(32)31-12-4-6-15-34(31)40(35)27-19-17-25(18-20-27)28-13-8-14-30-29-11-5-7-16-36(29)41-38(28)30/h1-24H. The number of hydrogen-bond acceptors (Lipinski definition) is 1. The van der Waals surface area contributed by atoms with E-state index in [1.165, 1.54) is 38.4 Å². The molecule has 0 fully saturated rings. The van der Waals surface area contributed by atoms with E-state index in [2.05, 4.69) is 143 Å². The summed E-state index contributed by atoms with van der Waals surface area (Å²) >= 11 is 0. The van der Waals surface area contributed by atoms with Crippen LogP contribution in [-0.2, 0) is 0 Å². The van der Waals surface area contributed by atoms with Gasteiger partial charge in [0, 0.05) is 50.1 Å². The van der Waals surface area contributed by atoms with Crippen molar-refractivity contribution in [1.29, 1.82) is 0 Å². The molecule has 0 amide bonds. The molecule has 0 aliphatic rings. The first kappa shape index (κ1) is 22.3. The molecule has 3 heterocycles. The molecule has 192 valence electrons. The Kier molecular flexibility index (Phi) is 4.61. The Morgan fingerprint density at radius 2 is 1.15 bits per heavy atom. The lowest BCUT2D eigenvalue weighted by Gasteiger charge is -2.10. The molecular formula is C38H24N2O. The molecule has 9 aromatic rings. The minimum Gasteiger partial charge on any atom is -0.455 e. The maximum atomic E-state index is 6.32. The van der Waals surface area contributed by atoms with Gasteiger partial charge in [0.2, 0.25) is 0 Å². The molecular weight excluding hydrogens is 500 g/mol. The van der Waals surface area contributed by atoms with Crippen molar-refractivity contribution in [3.63, 3.8) is 0 Å². The van der Waals surface area contributed by atoms with Crippen molar-refractivity contribution >= 4 is 54.6 Å². The van der Waals surface area contributed by atoms with Gasteiger partial charge in [-0.1, -0.05) is 84.9 Å². The number of rotatable bonds is 3. The quantitative estimate of drug-likeness (QED) is 0.225. The fraction of sp³-hybridized carbons (Fsp3) is 0. The molecule has 0 unspecified atom stereocenters. The highest BCUT2D eigenvalue weighted by Gasteiger charge is 2.17. The van der Waals surface area contributed by atoms with Crippen molar-refractivity contribution in [3.05, 3.63) is 146 Å². The monoisotopic (exact) mass is 524 g/mol. The maximum absolute atomic E-state index is 6.32. The van der Waals surface area contributed by atoms with E-state index in [1.807, 2.05) is 12.1 Å². The highest BCUT2D eigenvalue weighted by atomic mass is 16.3. The molecule has 0 N–H and O–H groups in total. The average Bonchev–Trinajstić information content (AvgIpc) is 3.73. The van der Waals surface area contributed by atoms with Gasteiger partial charge in [-0.05, 0) is 60.2 Å². The number of furan rings is 1. The lowest BCUT2D eigenvalue weighted by molar-refractivity contribution is 0.670. The second-order valence-corrected chi connectivity index (χ2v) is 10.6. The number of para-hydroxylation sites is 4. The van der Waals surface area contributed by atoms with Crippen molar-refractivity contribution < 1.29 is 4.42 Å². The van der Waals surface area contributed by atoms with Gasteiger partial charge in [-0.25, -0.2) is 0 Å². The summed E-state index contributed by atoms with van der Waals surface area (Å²) in [6.45, 7) is 0. The van der Waals surface area contributed by atoms with Gasteiger partial charge in [-0.3, -0.25) is 0 Å². The van der Waals surface area contributed by atoms with Gasteiger partial charge in [0.15, 0.2) is 0 Å². The first-order chi connectivity index (χ1) is 20.3. The number of nitrogens with zero attached hydrogens (tertiary/aromatic N) is 2. The highest BCUT2D eigenvalue weighted by molar-refractivity contribution is 6.21. The van der Waals surface area contributed by atoms with Crippen molar-refractivity contribution in [1.82, 2.24) is 9.13 Å². The summed E-state index contributed by atoms with van der Waals surface area (Å²) in [4.78, 5) is 0. The van der Waals surface area contributed by atoms with Crippen LogP contribution < -0.4 is 0 Å². The normalized spacial score (nSPS) is 11.9. The van der Waals surface area contributed by atoms with Crippen LogP contribution in [0.15, 0.2) is 150 Å². The Bertz CT molecular complexity index is 2400. The van der Waals surface area contributed by atoms with Crippen LogP contribution in [0.3, 0.4) is 0 Å². The van der Waals surface area contributed by atoms with Gasteiger partial charge in [-0.2, -0.15) is 0 Å². The number of fused-ring (bicyclic) bond motifs is 8. The summed E-state index contributed by atoms with van der Waals surface area (Å²) in [5.41, 5.74) is 10.0. The predicted octanol–water partition coefficient (Wildman–Crippen LogP) is 10.3. The molecule has 0 aliphatic carbocycles. The molecule has 3 nitrogen and oxygen atoms in total. The van der Waals surface area contributed by atoms with E-state index in [0.29, 0.717) is 0 Å². The van der Waals surface area contributed by atoms with Crippen LogP contribution in [0.1, 0.15) is 0 Å². The molecule has 0 aliphatic heterocycles. The van der Waals surface area contributed by atoms with Gasteiger partial charge in [-0.15, -0.1) is 0 Å². The molecule has 0 bridgehead atoms. The van der Waals surface area contributed by atoms with Gasteiger partial charge in [0.1, 0.15) is 11.2 Å². The van der Waals surface area contributed by atoms with Crippen LogP contribution in [0.5, 0.6) is 0 Å². The van der Waals surface area contributed by atoms with Crippen LogP contribution in [0.4, 0.5) is 0 Å². The van der Waals surface area contributed by atoms with Gasteiger partial charge < -0.3 is 13.6 Å². The molecule has 0 atom stereocenters. The van der Waals surface area contributed by atoms with Crippen molar-refractivity contribution in [2.45, 2.75) is 0 Å². The third kappa shape index (κ3) is 3.20. The molecule has 41 heavy (non-hydrogen) atoms. The van der Waals surface area contributed by atoms with E-state index >= 15 is 0 Å². The van der Waals surface area contributed by atoms with E-state index in [9.17, 15) is 0 Å². The molecule has 6 aromatic carbocycles. The Morgan fingerprint density at radius 1 is 0.439 bits per heavy atom. The molecule has 3 aromatic heterocycles. The van der Waals surface area contributed by atoms with E-state index in [4.69, 9.17) is 4.42 Å². The SMILES string of the molecule is c1ccc(-n2ccc3c4c5ccccc5n(-c5ccc(-c6cccc7c6oc6ccccc67)cc5)c4ccc32)cc1. The summed E-state index contributed by atoms with van der Waals surface area (Å²) in [7, 11) is 0. The molecule has 0 saturated carbocycles. The summed E-state index contributed by atoms with van der Waals surface area (Å²) in [6, 6.07) is 49.5. The molecule has 0 radical (unpaired) electrons. The van der Waals surface area contributed by atoms with Crippen LogP contribution >= 0.6 is 0 Å². The van der Waals surface area contributed by atoms with E-state index in [0.717, 1.165) is 38.8 Å². The summed E-state index contributed by atoms with van der Waals surface area (Å²) in [5.74, 6) is 0. The Balaban J connectivity index is 1.23. The minimum atomic E-state index is 0.921. The number of aromatic nitrogens is 2. The second kappa shape index (κ2) is 8.48. The minimum absolute atomic E-state index is 0.921. The van der Waals surface area contributed by atoms with Crippen molar-refractivity contribution in [2.75, 3.05) is 0 Å². The fourth-order valence-corrected chi connectivity index (χ4v) is 6.54. The molecule has 9 rings (SSSR count). The zero-order chi connectivity index (χ0) is 26.9. The van der Waals surface area contributed by atoms with Gasteiger partial charge in [0.05, 0.1) is 16.6 Å². The number of hydrogen-bond donors (Lipinski definition) is 0. The molecule has 0 spiro atoms. The van der Waals surface area contributed by atoms with Gasteiger partial charge in [0.25, 0.3) is 0 Å². The van der Waals surface area contributed by atoms with E-state index in [-0.39, 0.29) is 0 Å². The fourth-order valence-electron chi connectivity index (χ4n) is 6.54. The summed E-state index contributed by atoms with van der Waals surface area (Å²) < 4.78 is 11.0. The van der Waals surface area contributed by atoms with E-state index in [1.54, 1.807) is 0 Å². The zero-order valence-corrected chi connectivity index (χ0v) is 22.2. The lowest BCUT2D eigenvalue weighted by atomic mass is 10.0. The highest BCUT2D eigenvalue weighted by Crippen LogP contribution is 2.39. The van der Waals surface area contributed by atoms with Crippen molar-refractivity contribution in [2.24, 2.45) is 0 Å². The smallest absolute Gasteiger partial charge is 0.143 e. The Hall–Kier alpha value is -5.54. The third-order valence-corrected chi connectivity index (χ3v) is 8.38. The first-order valence-corrected chi connectivity index (χ1v) is 13.9. The molecule has 3 heteroatoms. The third-order valence-electron chi connectivity index (χ3n) is 8.38. The predicted molar refractivity (Wildman–Crippen MR) is 170 cm³/mol. The zero-order valence-electron chi connectivity index (χ0n) is 22.2. The van der Waals surface area contributed by atoms with Crippen LogP contribution in [-0.4, -0.2) is 9.13 Å². The Labute approximate surface area is 236 Å². The Morgan fingerprint density at radius 3 is 2.02 bits per heavy atom. The van der Waals surface area contributed by atoms with Crippen molar-refractivity contribution in [3.8, 4) is 22.5 Å². The average molecular weight is 525 g/mol. The topological polar surface area (TPSA) is 23.0 Å². The summed E-state index contributed by atoms with van der Waals surface area (Å²) in [5, 5.41) is 6.10. The lowest BCUT2D eigenvalue weighted by Crippen LogP contribution is -1.94. The summed E-state index contributed by atoms with van der Waals surface area (Å²) in [6.07, 6.45) is 2.18.